The predicted molar refractivity (Wildman–Crippen MR) is 119 cm³/mol. The molecular formula is C22H26INO5. The minimum absolute atomic E-state index is 0.0706. The number of anilines is 1. The van der Waals surface area contributed by atoms with E-state index >= 15 is 0 Å². The Kier molecular flexibility index (Phi) is 7.69. The first-order chi connectivity index (χ1) is 13.7. The Hall–Kier alpha value is -2.08. The van der Waals surface area contributed by atoms with Crippen LogP contribution in [0.15, 0.2) is 35.6 Å². The number of benzene rings is 1. The smallest absolute Gasteiger partial charge is 0.319 e. The van der Waals surface area contributed by atoms with Crippen LogP contribution in [-0.2, 0) is 23.9 Å². The highest BCUT2D eigenvalue weighted by Crippen LogP contribution is 2.48. The van der Waals surface area contributed by atoms with Gasteiger partial charge >= 0.3 is 5.97 Å². The van der Waals surface area contributed by atoms with E-state index in [9.17, 15) is 14.4 Å². The second kappa shape index (κ2) is 9.61. The van der Waals surface area contributed by atoms with Gasteiger partial charge in [-0.15, -0.1) is 0 Å². The monoisotopic (exact) mass is 511 g/mol. The zero-order valence-corrected chi connectivity index (χ0v) is 19.3. The van der Waals surface area contributed by atoms with Crippen LogP contribution in [0.5, 0.6) is 0 Å². The van der Waals surface area contributed by atoms with Crippen molar-refractivity contribution in [3.8, 4) is 0 Å². The summed E-state index contributed by atoms with van der Waals surface area (Å²) in [6, 6.07) is 6.53. The van der Waals surface area contributed by atoms with Crippen LogP contribution in [0.4, 0.5) is 5.69 Å². The summed E-state index contributed by atoms with van der Waals surface area (Å²) in [5.41, 5.74) is -1.11. The average Bonchev–Trinajstić information content (AvgIpc) is 3.10. The molecule has 2 unspecified atom stereocenters. The maximum atomic E-state index is 13.1. The van der Waals surface area contributed by atoms with E-state index in [-0.39, 0.29) is 17.9 Å². The first kappa shape index (κ1) is 23.2. The minimum atomic E-state index is -1.38. The molecule has 0 bridgehead atoms. The molecule has 0 radical (unpaired) electrons. The summed E-state index contributed by atoms with van der Waals surface area (Å²) in [6.07, 6.45) is 1.36. The Labute approximate surface area is 184 Å². The first-order valence-corrected chi connectivity index (χ1v) is 10.6. The summed E-state index contributed by atoms with van der Waals surface area (Å²) in [6.45, 7) is 7.26. The summed E-state index contributed by atoms with van der Waals surface area (Å²) < 4.78 is 12.3. The van der Waals surface area contributed by atoms with E-state index in [1.165, 1.54) is 0 Å². The lowest BCUT2D eigenvalue weighted by molar-refractivity contribution is -0.153. The maximum absolute atomic E-state index is 13.1. The number of hydrogen-bond donors (Lipinski definition) is 1. The highest BCUT2D eigenvalue weighted by Gasteiger charge is 2.56. The molecule has 1 N–H and O–H groups in total. The van der Waals surface area contributed by atoms with Gasteiger partial charge in [0.05, 0.1) is 6.61 Å². The van der Waals surface area contributed by atoms with E-state index in [1.54, 1.807) is 27.7 Å². The van der Waals surface area contributed by atoms with Crippen molar-refractivity contribution in [3.05, 3.63) is 39.2 Å². The Morgan fingerprint density at radius 3 is 2.45 bits per heavy atom. The molecule has 1 aromatic carbocycles. The molecule has 29 heavy (non-hydrogen) atoms. The lowest BCUT2D eigenvalue weighted by atomic mass is 9.74. The fourth-order valence-corrected chi connectivity index (χ4v) is 3.94. The number of halogens is 1. The zero-order valence-electron chi connectivity index (χ0n) is 17.1. The minimum Gasteiger partial charge on any atom is -0.479 e. The number of carbonyl (C=O) groups excluding carboxylic acids is 3. The quantitative estimate of drug-likeness (QED) is 0.257. The van der Waals surface area contributed by atoms with Crippen molar-refractivity contribution in [1.82, 2.24) is 0 Å². The van der Waals surface area contributed by atoms with Crippen LogP contribution in [-0.4, -0.2) is 36.1 Å². The van der Waals surface area contributed by atoms with Crippen LogP contribution < -0.4 is 5.32 Å². The topological polar surface area (TPSA) is 81.7 Å². The Morgan fingerprint density at radius 1 is 1.28 bits per heavy atom. The van der Waals surface area contributed by atoms with Gasteiger partial charge in [-0.25, -0.2) is 9.59 Å². The molecule has 0 heterocycles. The van der Waals surface area contributed by atoms with Gasteiger partial charge in [0.1, 0.15) is 23.0 Å². The Balaban J connectivity index is 2.64. The van der Waals surface area contributed by atoms with Crippen molar-refractivity contribution in [3.63, 3.8) is 0 Å². The van der Waals surface area contributed by atoms with Crippen LogP contribution in [0, 0.1) is 8.99 Å². The van der Waals surface area contributed by atoms with E-state index in [2.05, 4.69) is 27.9 Å². The molecule has 1 aliphatic carbocycles. The molecule has 0 spiro atoms. The number of hydrogen-bond acceptors (Lipinski definition) is 6. The van der Waals surface area contributed by atoms with Crippen LogP contribution >= 0.6 is 22.6 Å². The maximum Gasteiger partial charge on any atom is 0.319 e. The van der Waals surface area contributed by atoms with Gasteiger partial charge in [-0.1, -0.05) is 0 Å². The van der Waals surface area contributed by atoms with Crippen molar-refractivity contribution in [2.75, 3.05) is 11.9 Å². The molecule has 1 aliphatic rings. The molecule has 0 aliphatic heterocycles. The van der Waals surface area contributed by atoms with Gasteiger partial charge in [-0.05, 0) is 93.8 Å². The van der Waals surface area contributed by atoms with Crippen molar-refractivity contribution in [2.24, 2.45) is 5.41 Å². The largest absolute Gasteiger partial charge is 0.479 e. The molecule has 156 valence electrons. The SMILES string of the molecule is CCOC(=O)C1(C(Nc2ccc(I)cc2)C(=C=O)OC(C)(C)C)CCCC1=C=O. The second-order valence-corrected chi connectivity index (χ2v) is 9.14. The predicted octanol–water partition coefficient (Wildman–Crippen LogP) is 4.09. The molecule has 0 amide bonds. The lowest BCUT2D eigenvalue weighted by Crippen LogP contribution is -2.49. The number of rotatable bonds is 7. The molecule has 6 nitrogen and oxygen atoms in total. The average molecular weight is 511 g/mol. The zero-order chi connectivity index (χ0) is 21.7. The van der Waals surface area contributed by atoms with E-state index in [0.29, 0.717) is 24.9 Å². The van der Waals surface area contributed by atoms with Crippen LogP contribution in [0.3, 0.4) is 0 Å². The van der Waals surface area contributed by atoms with Gasteiger partial charge < -0.3 is 14.8 Å². The number of ether oxygens (including phenoxy) is 2. The van der Waals surface area contributed by atoms with Crippen molar-refractivity contribution in [1.29, 1.82) is 0 Å². The van der Waals surface area contributed by atoms with Gasteiger partial charge in [-0.2, -0.15) is 0 Å². The van der Waals surface area contributed by atoms with Gasteiger partial charge in [0.2, 0.25) is 5.76 Å². The van der Waals surface area contributed by atoms with Crippen LogP contribution in [0.2, 0.25) is 0 Å². The van der Waals surface area contributed by atoms with Crippen molar-refractivity contribution >= 4 is 46.1 Å². The van der Waals surface area contributed by atoms with Gasteiger partial charge in [0, 0.05) is 14.8 Å². The van der Waals surface area contributed by atoms with Gasteiger partial charge in [0.25, 0.3) is 0 Å². The Morgan fingerprint density at radius 2 is 1.93 bits per heavy atom. The number of esters is 1. The fraction of sp³-hybridized carbons (Fsp3) is 0.500. The third-order valence-corrected chi connectivity index (χ3v) is 5.45. The van der Waals surface area contributed by atoms with Gasteiger partial charge in [-0.3, -0.25) is 4.79 Å². The summed E-state index contributed by atoms with van der Waals surface area (Å²) in [4.78, 5) is 36.9. The number of nitrogens with one attached hydrogen (secondary N) is 1. The standard InChI is InChI=1S/C22H26INO5/c1-5-28-20(27)22(12-6-7-15(22)13-25)19(18(14-26)29-21(2,3)4)24-17-10-8-16(23)9-11-17/h8-11,19,24H,5-7,12H2,1-4H3. The van der Waals surface area contributed by atoms with Gasteiger partial charge in [0.15, 0.2) is 5.94 Å². The highest BCUT2D eigenvalue weighted by molar-refractivity contribution is 14.1. The van der Waals surface area contributed by atoms with E-state index < -0.39 is 23.0 Å². The third-order valence-electron chi connectivity index (χ3n) is 4.73. The fourth-order valence-electron chi connectivity index (χ4n) is 3.58. The van der Waals surface area contributed by atoms with E-state index in [0.717, 1.165) is 3.57 Å². The third kappa shape index (κ3) is 5.30. The van der Waals surface area contributed by atoms with Crippen molar-refractivity contribution < 1.29 is 23.9 Å². The Bertz CT molecular complexity index is 845. The normalized spacial score (nSPS) is 19.7. The summed E-state index contributed by atoms with van der Waals surface area (Å²) in [5, 5.41) is 3.24. The van der Waals surface area contributed by atoms with Crippen molar-refractivity contribution in [2.45, 2.75) is 58.6 Å². The summed E-state index contributed by atoms with van der Waals surface area (Å²) in [5.74, 6) is 3.16. The van der Waals surface area contributed by atoms with Crippen LogP contribution in [0.1, 0.15) is 47.0 Å². The molecule has 2 atom stereocenters. The number of carbonyl (C=O) groups is 1. The summed E-state index contributed by atoms with van der Waals surface area (Å²) >= 11 is 2.19. The highest BCUT2D eigenvalue weighted by atomic mass is 127. The van der Waals surface area contributed by atoms with E-state index in [1.807, 2.05) is 36.1 Å². The molecule has 0 saturated heterocycles. The lowest BCUT2D eigenvalue weighted by Gasteiger charge is -2.38. The molecule has 1 aromatic rings. The molecule has 7 heteroatoms. The molecule has 1 saturated carbocycles. The molecular weight excluding hydrogens is 485 g/mol. The summed E-state index contributed by atoms with van der Waals surface area (Å²) in [7, 11) is 0. The molecule has 0 aromatic heterocycles. The first-order valence-electron chi connectivity index (χ1n) is 9.55. The second-order valence-electron chi connectivity index (χ2n) is 7.89. The van der Waals surface area contributed by atoms with Crippen LogP contribution in [0.25, 0.3) is 0 Å². The molecule has 2 rings (SSSR count). The van der Waals surface area contributed by atoms with E-state index in [4.69, 9.17) is 9.47 Å². The molecule has 1 fully saturated rings.